The van der Waals surface area contributed by atoms with Gasteiger partial charge in [0.1, 0.15) is 5.75 Å². The van der Waals surface area contributed by atoms with Crippen molar-refractivity contribution in [3.63, 3.8) is 0 Å². The summed E-state index contributed by atoms with van der Waals surface area (Å²) < 4.78 is 5.33. The first-order valence-corrected chi connectivity index (χ1v) is 11.0. The molecule has 5 rings (SSSR count). The van der Waals surface area contributed by atoms with Gasteiger partial charge in [0.05, 0.1) is 7.11 Å². The van der Waals surface area contributed by atoms with Gasteiger partial charge in [-0.2, -0.15) is 0 Å². The average Bonchev–Trinajstić information content (AvgIpc) is 3.09. The van der Waals surface area contributed by atoms with Crippen LogP contribution in [0.1, 0.15) is 76.2 Å². The molecule has 0 heterocycles. The Morgan fingerprint density at radius 1 is 0.962 bits per heavy atom. The van der Waals surface area contributed by atoms with Crippen molar-refractivity contribution in [2.45, 2.75) is 70.6 Å². The second-order valence-electron chi connectivity index (χ2n) is 9.89. The van der Waals surface area contributed by atoms with Gasteiger partial charge in [-0.15, -0.1) is 0 Å². The van der Waals surface area contributed by atoms with Gasteiger partial charge in [-0.05, 0) is 104 Å². The molecule has 26 heavy (non-hydrogen) atoms. The minimum absolute atomic E-state index is 0.687. The molecule has 0 radical (unpaired) electrons. The number of fused-ring (bicyclic) bond motifs is 5. The topological polar surface area (TPSA) is 9.23 Å². The zero-order chi connectivity index (χ0) is 17.7. The van der Waals surface area contributed by atoms with Crippen LogP contribution in [0.5, 0.6) is 5.75 Å². The summed E-state index contributed by atoms with van der Waals surface area (Å²) in [5.74, 6) is 5.64. The highest BCUT2D eigenvalue weighted by molar-refractivity contribution is 5.32. The summed E-state index contributed by atoms with van der Waals surface area (Å²) in [6.07, 6.45) is 15.7. The van der Waals surface area contributed by atoms with Crippen LogP contribution in [0.3, 0.4) is 0 Å². The lowest BCUT2D eigenvalue weighted by atomic mass is 9.52. The molecule has 1 nitrogen and oxygen atoms in total. The molecule has 1 unspecified atom stereocenters. The number of allylic oxidation sites excluding steroid dienone is 2. The molecule has 140 valence electrons. The summed E-state index contributed by atoms with van der Waals surface area (Å²) in [4.78, 5) is 0. The molecule has 6 atom stereocenters. The third-order valence-corrected chi connectivity index (χ3v) is 8.81. The first-order valence-electron chi connectivity index (χ1n) is 11.0. The van der Waals surface area contributed by atoms with Crippen molar-refractivity contribution >= 4 is 0 Å². The molecular weight excluding hydrogens is 316 g/mol. The van der Waals surface area contributed by atoms with Crippen molar-refractivity contribution in [3.05, 3.63) is 41.5 Å². The van der Waals surface area contributed by atoms with Gasteiger partial charge in [0.25, 0.3) is 0 Å². The van der Waals surface area contributed by atoms with Crippen molar-refractivity contribution in [1.82, 2.24) is 0 Å². The van der Waals surface area contributed by atoms with Crippen LogP contribution in [0, 0.1) is 29.1 Å². The number of ether oxygens (including phenoxy) is 1. The normalized spacial score (nSPS) is 41.6. The lowest BCUT2D eigenvalue weighted by Gasteiger charge is -2.52. The predicted octanol–water partition coefficient (Wildman–Crippen LogP) is 6.74. The summed E-state index contributed by atoms with van der Waals surface area (Å²) in [5, 5.41) is 0. The van der Waals surface area contributed by atoms with E-state index in [1.807, 2.05) is 5.57 Å². The van der Waals surface area contributed by atoms with E-state index in [1.54, 1.807) is 7.11 Å². The molecule has 4 aliphatic rings. The second kappa shape index (κ2) is 6.43. The van der Waals surface area contributed by atoms with E-state index >= 15 is 0 Å². The maximum absolute atomic E-state index is 5.33. The fourth-order valence-electron chi connectivity index (χ4n) is 7.42. The Hall–Kier alpha value is -1.24. The standard InChI is InChI=1S/C25H34O/c1-25-14-3-4-24(25)23-12-8-19-16-18(7-11-21(19)22(23)13-15-25)17-5-9-20(26-2)10-6-17/h5-6,8-10,18,21-24H,3-4,7,11-16H2,1-2H3/t18?,21-,22+,23+,24-,25-/m0/s1. The lowest BCUT2D eigenvalue weighted by Crippen LogP contribution is -2.43. The fourth-order valence-corrected chi connectivity index (χ4v) is 7.42. The van der Waals surface area contributed by atoms with Crippen molar-refractivity contribution < 1.29 is 4.74 Å². The quantitative estimate of drug-likeness (QED) is 0.537. The van der Waals surface area contributed by atoms with Gasteiger partial charge in [-0.1, -0.05) is 37.1 Å². The monoisotopic (exact) mass is 350 g/mol. The van der Waals surface area contributed by atoms with Crippen LogP contribution < -0.4 is 4.74 Å². The molecule has 3 saturated carbocycles. The van der Waals surface area contributed by atoms with E-state index in [4.69, 9.17) is 4.74 Å². The van der Waals surface area contributed by atoms with Crippen molar-refractivity contribution in [2.75, 3.05) is 7.11 Å². The van der Waals surface area contributed by atoms with Crippen LogP contribution in [-0.2, 0) is 0 Å². The van der Waals surface area contributed by atoms with Crippen LogP contribution in [0.25, 0.3) is 0 Å². The Bertz CT molecular complexity index is 687. The Balaban J connectivity index is 1.34. The Labute approximate surface area is 159 Å². The summed E-state index contributed by atoms with van der Waals surface area (Å²) in [6, 6.07) is 8.85. The van der Waals surface area contributed by atoms with Gasteiger partial charge in [-0.25, -0.2) is 0 Å². The number of hydrogen-bond acceptors (Lipinski definition) is 1. The molecule has 1 aromatic rings. The predicted molar refractivity (Wildman–Crippen MR) is 107 cm³/mol. The average molecular weight is 351 g/mol. The number of rotatable bonds is 2. The van der Waals surface area contributed by atoms with Crippen molar-refractivity contribution in [2.24, 2.45) is 29.1 Å². The number of benzene rings is 1. The molecule has 0 aliphatic heterocycles. The molecule has 0 saturated heterocycles. The van der Waals surface area contributed by atoms with Gasteiger partial charge in [0.15, 0.2) is 0 Å². The first kappa shape index (κ1) is 16.9. The molecule has 4 aliphatic carbocycles. The number of methoxy groups -OCH3 is 1. The second-order valence-corrected chi connectivity index (χ2v) is 9.89. The summed E-state index contributed by atoms with van der Waals surface area (Å²) in [5.41, 5.74) is 4.02. The number of hydrogen-bond donors (Lipinski definition) is 0. The molecule has 1 aromatic carbocycles. The smallest absolute Gasteiger partial charge is 0.118 e. The molecule has 0 spiro atoms. The molecule has 0 amide bonds. The van der Waals surface area contributed by atoms with Crippen LogP contribution in [0.15, 0.2) is 35.9 Å². The Morgan fingerprint density at radius 2 is 1.81 bits per heavy atom. The third-order valence-electron chi connectivity index (χ3n) is 8.81. The van der Waals surface area contributed by atoms with E-state index in [0.717, 1.165) is 35.3 Å². The molecule has 0 bridgehead atoms. The maximum Gasteiger partial charge on any atom is 0.118 e. The van der Waals surface area contributed by atoms with E-state index < -0.39 is 0 Å². The van der Waals surface area contributed by atoms with Crippen LogP contribution in [0.2, 0.25) is 0 Å². The van der Waals surface area contributed by atoms with E-state index in [1.165, 1.54) is 63.4 Å². The van der Waals surface area contributed by atoms with Crippen molar-refractivity contribution in [3.8, 4) is 5.75 Å². The largest absolute Gasteiger partial charge is 0.497 e. The molecule has 0 N–H and O–H groups in total. The van der Waals surface area contributed by atoms with Crippen molar-refractivity contribution in [1.29, 1.82) is 0 Å². The van der Waals surface area contributed by atoms with Gasteiger partial charge in [0, 0.05) is 0 Å². The maximum atomic E-state index is 5.33. The zero-order valence-corrected chi connectivity index (χ0v) is 16.5. The summed E-state index contributed by atoms with van der Waals surface area (Å²) >= 11 is 0. The minimum Gasteiger partial charge on any atom is -0.497 e. The zero-order valence-electron chi connectivity index (χ0n) is 16.5. The van der Waals surface area contributed by atoms with Gasteiger partial charge in [-0.3, -0.25) is 0 Å². The highest BCUT2D eigenvalue weighted by Gasteiger charge is 2.51. The summed E-state index contributed by atoms with van der Waals surface area (Å²) in [7, 11) is 1.75. The first-order chi connectivity index (χ1) is 12.7. The molecule has 3 fully saturated rings. The molecule has 0 aromatic heterocycles. The third kappa shape index (κ3) is 2.65. The van der Waals surface area contributed by atoms with Gasteiger partial charge in [0.2, 0.25) is 0 Å². The van der Waals surface area contributed by atoms with E-state index in [2.05, 4.69) is 37.3 Å². The molecule has 1 heteroatoms. The minimum atomic E-state index is 0.687. The Kier molecular flexibility index (Phi) is 4.18. The van der Waals surface area contributed by atoms with Crippen LogP contribution in [0.4, 0.5) is 0 Å². The molecular formula is C25H34O. The van der Waals surface area contributed by atoms with Gasteiger partial charge < -0.3 is 4.74 Å². The van der Waals surface area contributed by atoms with E-state index in [9.17, 15) is 0 Å². The summed E-state index contributed by atoms with van der Waals surface area (Å²) in [6.45, 7) is 2.61. The Morgan fingerprint density at radius 3 is 2.62 bits per heavy atom. The van der Waals surface area contributed by atoms with Crippen LogP contribution >= 0.6 is 0 Å². The van der Waals surface area contributed by atoms with Gasteiger partial charge >= 0.3 is 0 Å². The fraction of sp³-hybridized carbons (Fsp3) is 0.680. The lowest BCUT2D eigenvalue weighted by molar-refractivity contribution is 0.00912. The highest BCUT2D eigenvalue weighted by Crippen LogP contribution is 2.61. The van der Waals surface area contributed by atoms with E-state index in [0.29, 0.717) is 5.41 Å². The highest BCUT2D eigenvalue weighted by atomic mass is 16.5. The van der Waals surface area contributed by atoms with Crippen LogP contribution in [-0.4, -0.2) is 7.11 Å². The van der Waals surface area contributed by atoms with E-state index in [-0.39, 0.29) is 0 Å². The SMILES string of the molecule is COc1ccc(C2CC[C@H]3C(=CC[C@@H]4[C@@H]3CC[C@]3(C)CCC[C@@H]43)C2)cc1.